The maximum atomic E-state index is 11.5. The minimum Gasteiger partial charge on any atom is -0.444 e. The molecular weight excluding hydrogens is 230 g/mol. The van der Waals surface area contributed by atoms with Crippen molar-refractivity contribution in [3.8, 4) is 0 Å². The van der Waals surface area contributed by atoms with Gasteiger partial charge in [-0.1, -0.05) is 24.3 Å². The topological polar surface area (TPSA) is 55.4 Å². The highest BCUT2D eigenvalue weighted by molar-refractivity contribution is 5.75. The number of aldehydes is 1. The van der Waals surface area contributed by atoms with Crippen LogP contribution in [-0.2, 0) is 9.53 Å². The Labute approximate surface area is 107 Å². The molecule has 0 saturated heterocycles. The summed E-state index contributed by atoms with van der Waals surface area (Å²) in [6, 6.07) is 0. The first-order valence-electron chi connectivity index (χ1n) is 5.89. The Morgan fingerprint density at radius 1 is 1.50 bits per heavy atom. The molecule has 1 amide bonds. The molecule has 0 heterocycles. The number of rotatable bonds is 3. The lowest BCUT2D eigenvalue weighted by molar-refractivity contribution is -0.105. The molecule has 1 aliphatic carbocycles. The van der Waals surface area contributed by atoms with Crippen LogP contribution in [0.25, 0.3) is 0 Å². The Morgan fingerprint density at radius 3 is 2.83 bits per heavy atom. The van der Waals surface area contributed by atoms with Gasteiger partial charge in [0.1, 0.15) is 11.9 Å². The highest BCUT2D eigenvalue weighted by atomic mass is 16.6. The minimum absolute atomic E-state index is 0.344. The molecule has 98 valence electrons. The molecule has 0 aliphatic heterocycles. The molecule has 0 spiro atoms. The number of hydrogen-bond acceptors (Lipinski definition) is 3. The van der Waals surface area contributed by atoms with Gasteiger partial charge in [0.25, 0.3) is 0 Å². The van der Waals surface area contributed by atoms with E-state index in [2.05, 4.69) is 5.32 Å². The summed E-state index contributed by atoms with van der Waals surface area (Å²) in [6.45, 7) is 5.77. The average Bonchev–Trinajstić information content (AvgIpc) is 2.49. The molecule has 0 fully saturated rings. The van der Waals surface area contributed by atoms with E-state index >= 15 is 0 Å². The predicted molar refractivity (Wildman–Crippen MR) is 70.2 cm³/mol. The molecule has 0 aromatic rings. The molecule has 4 nitrogen and oxygen atoms in total. The summed E-state index contributed by atoms with van der Waals surface area (Å²) in [6.07, 6.45) is 8.42. The number of amides is 1. The van der Waals surface area contributed by atoms with Crippen molar-refractivity contribution in [3.63, 3.8) is 0 Å². The van der Waals surface area contributed by atoms with Crippen molar-refractivity contribution in [1.29, 1.82) is 0 Å². The Hall–Kier alpha value is -1.84. The van der Waals surface area contributed by atoms with Crippen molar-refractivity contribution < 1.29 is 14.3 Å². The summed E-state index contributed by atoms with van der Waals surface area (Å²) in [5, 5.41) is 2.66. The molecule has 0 saturated carbocycles. The molecule has 1 N–H and O–H groups in total. The zero-order valence-electron chi connectivity index (χ0n) is 11.0. The van der Waals surface area contributed by atoms with Gasteiger partial charge in [-0.15, -0.1) is 0 Å². The molecular formula is C14H19NO3. The second-order valence-electron chi connectivity index (χ2n) is 5.07. The molecule has 0 aromatic heterocycles. The second-order valence-corrected chi connectivity index (χ2v) is 5.07. The van der Waals surface area contributed by atoms with E-state index in [4.69, 9.17) is 4.74 Å². The number of carbonyl (C=O) groups is 2. The summed E-state index contributed by atoms with van der Waals surface area (Å²) in [5.74, 6) is 0. The Kier molecular flexibility index (Phi) is 4.89. The minimum atomic E-state index is -0.508. The van der Waals surface area contributed by atoms with Crippen LogP contribution in [-0.4, -0.2) is 24.5 Å². The van der Waals surface area contributed by atoms with Gasteiger partial charge in [-0.05, 0) is 38.3 Å². The smallest absolute Gasteiger partial charge is 0.407 e. The molecule has 1 rings (SSSR count). The van der Waals surface area contributed by atoms with Crippen molar-refractivity contribution in [2.45, 2.75) is 32.8 Å². The number of ether oxygens (including phenoxy) is 1. The van der Waals surface area contributed by atoms with Crippen LogP contribution >= 0.6 is 0 Å². The van der Waals surface area contributed by atoms with Gasteiger partial charge in [0.05, 0.1) is 0 Å². The average molecular weight is 249 g/mol. The van der Waals surface area contributed by atoms with Gasteiger partial charge in [-0.3, -0.25) is 4.79 Å². The van der Waals surface area contributed by atoms with Crippen LogP contribution in [0.15, 0.2) is 35.5 Å². The lowest BCUT2D eigenvalue weighted by Crippen LogP contribution is -2.33. The van der Waals surface area contributed by atoms with Crippen LogP contribution in [0.1, 0.15) is 27.2 Å². The third-order valence-corrected chi connectivity index (χ3v) is 2.16. The van der Waals surface area contributed by atoms with Gasteiger partial charge in [0, 0.05) is 6.54 Å². The number of allylic oxidation sites excluding steroid dienone is 4. The summed E-state index contributed by atoms with van der Waals surface area (Å²) < 4.78 is 5.13. The fourth-order valence-electron chi connectivity index (χ4n) is 1.42. The highest BCUT2D eigenvalue weighted by Gasteiger charge is 2.15. The van der Waals surface area contributed by atoms with Crippen molar-refractivity contribution in [2.24, 2.45) is 0 Å². The van der Waals surface area contributed by atoms with Crippen LogP contribution in [0, 0.1) is 0 Å². The van der Waals surface area contributed by atoms with E-state index in [1.165, 1.54) is 0 Å². The first kappa shape index (κ1) is 14.2. The van der Waals surface area contributed by atoms with Crippen molar-refractivity contribution in [1.82, 2.24) is 5.32 Å². The lowest BCUT2D eigenvalue weighted by Gasteiger charge is -2.19. The van der Waals surface area contributed by atoms with E-state index in [-0.39, 0.29) is 0 Å². The molecule has 0 aromatic carbocycles. The predicted octanol–water partition coefficient (Wildman–Crippen LogP) is 2.52. The van der Waals surface area contributed by atoms with Gasteiger partial charge >= 0.3 is 6.09 Å². The summed E-state index contributed by atoms with van der Waals surface area (Å²) in [7, 11) is 0. The van der Waals surface area contributed by atoms with Crippen molar-refractivity contribution in [2.75, 3.05) is 6.54 Å². The zero-order chi connectivity index (χ0) is 13.6. The molecule has 0 bridgehead atoms. The van der Waals surface area contributed by atoms with Gasteiger partial charge < -0.3 is 10.1 Å². The fraction of sp³-hybridized carbons (Fsp3) is 0.429. The SMILES string of the molecule is CC(C)(C)OC(=O)NCC1=CC=CCC(C=O)=C1. The van der Waals surface area contributed by atoms with Crippen LogP contribution in [0.3, 0.4) is 0 Å². The Bertz CT molecular complexity index is 411. The largest absolute Gasteiger partial charge is 0.444 e. The van der Waals surface area contributed by atoms with E-state index in [0.717, 1.165) is 11.9 Å². The van der Waals surface area contributed by atoms with Crippen molar-refractivity contribution >= 4 is 12.4 Å². The zero-order valence-corrected chi connectivity index (χ0v) is 11.0. The molecule has 18 heavy (non-hydrogen) atoms. The van der Waals surface area contributed by atoms with Gasteiger partial charge in [-0.25, -0.2) is 4.79 Å². The standard InChI is InChI=1S/C14H19NO3/c1-14(2,3)18-13(17)15-9-11-6-4-5-7-12(8-11)10-16/h4-6,8,10H,7,9H2,1-3H3,(H,15,17). The number of alkyl carbamates (subject to hydrolysis) is 1. The van der Waals surface area contributed by atoms with E-state index in [1.807, 2.05) is 39.0 Å². The molecule has 1 aliphatic rings. The summed E-state index contributed by atoms with van der Waals surface area (Å²) in [5.41, 5.74) is 1.06. The van der Waals surface area contributed by atoms with E-state index < -0.39 is 11.7 Å². The maximum Gasteiger partial charge on any atom is 0.407 e. The fourth-order valence-corrected chi connectivity index (χ4v) is 1.42. The Morgan fingerprint density at radius 2 is 2.22 bits per heavy atom. The van der Waals surface area contributed by atoms with Crippen LogP contribution in [0.5, 0.6) is 0 Å². The number of nitrogens with one attached hydrogen (secondary N) is 1. The molecule has 0 radical (unpaired) electrons. The first-order valence-corrected chi connectivity index (χ1v) is 5.89. The molecule has 0 atom stereocenters. The third kappa shape index (κ3) is 5.48. The van der Waals surface area contributed by atoms with Crippen molar-refractivity contribution in [3.05, 3.63) is 35.5 Å². The Balaban J connectivity index is 2.53. The summed E-state index contributed by atoms with van der Waals surface area (Å²) in [4.78, 5) is 22.2. The number of hydrogen-bond donors (Lipinski definition) is 1. The lowest BCUT2D eigenvalue weighted by atomic mass is 10.1. The van der Waals surface area contributed by atoms with Crippen LogP contribution in [0.2, 0.25) is 0 Å². The maximum absolute atomic E-state index is 11.5. The van der Waals surface area contributed by atoms with E-state index in [9.17, 15) is 9.59 Å². The van der Waals surface area contributed by atoms with Crippen LogP contribution in [0.4, 0.5) is 4.79 Å². The number of carbonyl (C=O) groups excluding carboxylic acids is 2. The highest BCUT2D eigenvalue weighted by Crippen LogP contribution is 2.10. The van der Waals surface area contributed by atoms with Gasteiger partial charge in [0.2, 0.25) is 0 Å². The van der Waals surface area contributed by atoms with E-state index in [1.54, 1.807) is 6.08 Å². The second kappa shape index (κ2) is 6.19. The van der Waals surface area contributed by atoms with Gasteiger partial charge in [-0.2, -0.15) is 0 Å². The monoisotopic (exact) mass is 249 g/mol. The van der Waals surface area contributed by atoms with E-state index in [0.29, 0.717) is 18.5 Å². The normalized spacial score (nSPS) is 15.3. The third-order valence-electron chi connectivity index (χ3n) is 2.16. The summed E-state index contributed by atoms with van der Waals surface area (Å²) >= 11 is 0. The first-order chi connectivity index (χ1) is 8.40. The van der Waals surface area contributed by atoms with Crippen LogP contribution < -0.4 is 5.32 Å². The quantitative estimate of drug-likeness (QED) is 0.782. The molecule has 0 unspecified atom stereocenters. The van der Waals surface area contributed by atoms with Gasteiger partial charge in [0.15, 0.2) is 0 Å². The molecule has 4 heteroatoms.